The molecule has 8 aromatic carbocycles. The molecule has 0 aliphatic heterocycles. The fraction of sp³-hybridized carbons (Fsp3) is 0. The summed E-state index contributed by atoms with van der Waals surface area (Å²) >= 11 is 9.13. The zero-order chi connectivity index (χ0) is 32.0. The van der Waals surface area contributed by atoms with E-state index < -0.39 is 7.12 Å². The van der Waals surface area contributed by atoms with E-state index in [1.54, 1.807) is 0 Å². The first-order valence-electron chi connectivity index (χ1n) is 14.7. The molecule has 2 N–H and O–H groups in total. The molecule has 0 amide bonds. The first kappa shape index (κ1) is 32.4. The zero-order valence-corrected chi connectivity index (χ0v) is 29.9. The van der Waals surface area contributed by atoms with Crippen molar-refractivity contribution in [3.05, 3.63) is 170 Å². The summed E-state index contributed by atoms with van der Waals surface area (Å²) in [7, 11) is -1.44. The van der Waals surface area contributed by atoms with E-state index in [1.165, 1.54) is 36.2 Å². The topological polar surface area (TPSA) is 40.5 Å². The Morgan fingerprint density at radius 1 is 0.435 bits per heavy atom. The summed E-state index contributed by atoms with van der Waals surface area (Å²) in [5.74, 6) is 0. The van der Waals surface area contributed by atoms with Crippen LogP contribution in [0.1, 0.15) is 0 Å². The Bertz CT molecular complexity index is 2250. The van der Waals surface area contributed by atoms with E-state index in [1.807, 2.05) is 66.7 Å². The summed E-state index contributed by atoms with van der Waals surface area (Å²) in [5, 5.41) is 28.2. The van der Waals surface area contributed by atoms with Gasteiger partial charge in [-0.3, -0.25) is 0 Å². The second-order valence-electron chi connectivity index (χ2n) is 10.7. The van der Waals surface area contributed by atoms with Gasteiger partial charge in [0.2, 0.25) is 0 Å². The Kier molecular flexibility index (Phi) is 10.5. The molecule has 0 unspecified atom stereocenters. The Balaban J connectivity index is 0.000000133. The highest BCUT2D eigenvalue weighted by molar-refractivity contribution is 14.1. The van der Waals surface area contributed by atoms with Crippen LogP contribution in [0.5, 0.6) is 0 Å². The molecule has 46 heavy (non-hydrogen) atoms. The molecular weight excluding hydrogens is 810 g/mol. The van der Waals surface area contributed by atoms with Crippen molar-refractivity contribution in [1.82, 2.24) is 0 Å². The minimum absolute atomic E-state index is 0.555. The number of rotatable bonds is 2. The fourth-order valence-electron chi connectivity index (χ4n) is 5.65. The van der Waals surface area contributed by atoms with Crippen LogP contribution in [0.25, 0.3) is 54.2 Å². The molecule has 0 fully saturated rings. The van der Waals surface area contributed by atoms with Crippen molar-refractivity contribution in [3.8, 4) is 11.1 Å². The van der Waals surface area contributed by atoms with Crippen molar-refractivity contribution in [2.75, 3.05) is 0 Å². The lowest BCUT2D eigenvalue weighted by molar-refractivity contribution is 0.426. The van der Waals surface area contributed by atoms with E-state index in [0.29, 0.717) is 5.46 Å². The van der Waals surface area contributed by atoms with Gasteiger partial charge in [-0.25, -0.2) is 0 Å². The van der Waals surface area contributed by atoms with Crippen LogP contribution >= 0.6 is 54.5 Å². The predicted molar refractivity (Wildman–Crippen MR) is 213 cm³/mol. The largest absolute Gasteiger partial charge is 0.489 e. The van der Waals surface area contributed by atoms with E-state index in [0.717, 1.165) is 30.5 Å². The second-order valence-corrected chi connectivity index (χ2v) is 13.8. The zero-order valence-electron chi connectivity index (χ0n) is 24.6. The Labute approximate surface area is 299 Å². The minimum atomic E-state index is -1.44. The molecule has 8 aromatic rings. The molecule has 0 radical (unpaired) electrons. The molecule has 0 aliphatic carbocycles. The number of fused-ring (bicyclic) bond motifs is 6. The third kappa shape index (κ3) is 7.38. The fourth-order valence-corrected chi connectivity index (χ4v) is 6.54. The van der Waals surface area contributed by atoms with Crippen molar-refractivity contribution in [3.63, 3.8) is 0 Å². The van der Waals surface area contributed by atoms with Gasteiger partial charge < -0.3 is 10.0 Å². The summed E-state index contributed by atoms with van der Waals surface area (Å²) in [6, 6.07) is 53.8. The van der Waals surface area contributed by atoms with Crippen LogP contribution in [0, 0.1) is 3.57 Å². The van der Waals surface area contributed by atoms with E-state index >= 15 is 0 Å². The van der Waals surface area contributed by atoms with Gasteiger partial charge in [0, 0.05) is 12.5 Å². The highest BCUT2D eigenvalue weighted by Gasteiger charge is 2.16. The molecule has 0 spiro atoms. The summed E-state index contributed by atoms with van der Waals surface area (Å²) in [5.41, 5.74) is 3.09. The third-order valence-electron chi connectivity index (χ3n) is 7.81. The van der Waals surface area contributed by atoms with Crippen LogP contribution in [-0.2, 0) is 0 Å². The molecule has 0 saturated carbocycles. The summed E-state index contributed by atoms with van der Waals surface area (Å²) in [4.78, 5) is 0. The monoisotopic (exact) mass is 836 g/mol. The molecule has 0 bridgehead atoms. The molecule has 224 valence electrons. The summed E-state index contributed by atoms with van der Waals surface area (Å²) in [6.07, 6.45) is 0. The second kappa shape index (κ2) is 14.9. The van der Waals surface area contributed by atoms with Gasteiger partial charge in [0.05, 0.1) is 0 Å². The van der Waals surface area contributed by atoms with Crippen LogP contribution < -0.4 is 5.46 Å². The van der Waals surface area contributed by atoms with Crippen LogP contribution in [-0.4, -0.2) is 17.2 Å². The van der Waals surface area contributed by atoms with Gasteiger partial charge in [0.25, 0.3) is 0 Å². The molecule has 0 atom stereocenters. The van der Waals surface area contributed by atoms with Gasteiger partial charge in [-0.1, -0.05) is 147 Å². The average molecular weight is 838 g/mol. The SMILES string of the molecule is Brc1ccc(-c2cc3ccccc3c3ccccc23)cc1.Brc1ccc(I)cc1.OB(O)c1cc2ccccc2c2ccccc12. The van der Waals surface area contributed by atoms with Gasteiger partial charge in [-0.2, -0.15) is 0 Å². The molecule has 6 heteroatoms. The van der Waals surface area contributed by atoms with Crippen LogP contribution in [0.4, 0.5) is 0 Å². The van der Waals surface area contributed by atoms with Crippen LogP contribution in [0.2, 0.25) is 0 Å². The molecular formula is C40H28BBr2IO2. The van der Waals surface area contributed by atoms with E-state index in [4.69, 9.17) is 0 Å². The molecule has 0 heterocycles. The number of hydrogen-bond donors (Lipinski definition) is 2. The molecule has 8 rings (SSSR count). The van der Waals surface area contributed by atoms with Gasteiger partial charge in [-0.15, -0.1) is 0 Å². The van der Waals surface area contributed by atoms with Crippen molar-refractivity contribution in [1.29, 1.82) is 0 Å². The third-order valence-corrected chi connectivity index (χ3v) is 9.58. The molecule has 0 aromatic heterocycles. The first-order chi connectivity index (χ1) is 22.4. The quantitative estimate of drug-likeness (QED) is 0.103. The van der Waals surface area contributed by atoms with E-state index in [-0.39, 0.29) is 0 Å². The highest BCUT2D eigenvalue weighted by Crippen LogP contribution is 2.35. The van der Waals surface area contributed by atoms with Crippen molar-refractivity contribution in [2.24, 2.45) is 0 Å². The number of hydrogen-bond acceptors (Lipinski definition) is 2. The average Bonchev–Trinajstić information content (AvgIpc) is 3.10. The maximum atomic E-state index is 9.44. The maximum absolute atomic E-state index is 9.44. The standard InChI is InChI=1S/C20H13Br.C14H11BO2.C6H4BrI/c21-16-11-9-14(10-12-16)20-13-15-5-1-2-6-17(15)18-7-3-4-8-19(18)20;16-15(17)14-9-10-5-1-2-6-11(10)12-7-3-4-8-13(12)14;7-5-1-3-6(8)4-2-5/h1-13H;1-9,16-17H;1-4H. The van der Waals surface area contributed by atoms with Gasteiger partial charge >= 0.3 is 7.12 Å². The van der Waals surface area contributed by atoms with Gasteiger partial charge in [-0.05, 0) is 125 Å². The van der Waals surface area contributed by atoms with E-state index in [2.05, 4.69) is 145 Å². The van der Waals surface area contributed by atoms with Crippen LogP contribution in [0.3, 0.4) is 0 Å². The first-order valence-corrected chi connectivity index (χ1v) is 17.4. The lowest BCUT2D eigenvalue weighted by atomic mass is 9.76. The lowest BCUT2D eigenvalue weighted by Gasteiger charge is -2.11. The van der Waals surface area contributed by atoms with Gasteiger partial charge in [0.1, 0.15) is 0 Å². The molecule has 2 nitrogen and oxygen atoms in total. The smallest absolute Gasteiger partial charge is 0.423 e. The predicted octanol–water partition coefficient (Wildman–Crippen LogP) is 11.1. The normalized spacial score (nSPS) is 10.7. The van der Waals surface area contributed by atoms with Gasteiger partial charge in [0.15, 0.2) is 0 Å². The van der Waals surface area contributed by atoms with Crippen molar-refractivity contribution < 1.29 is 10.0 Å². The number of benzene rings is 8. The minimum Gasteiger partial charge on any atom is -0.423 e. The Morgan fingerprint density at radius 2 is 0.848 bits per heavy atom. The maximum Gasteiger partial charge on any atom is 0.489 e. The molecule has 0 saturated heterocycles. The van der Waals surface area contributed by atoms with Crippen molar-refractivity contribution in [2.45, 2.75) is 0 Å². The summed E-state index contributed by atoms with van der Waals surface area (Å²) < 4.78 is 3.51. The lowest BCUT2D eigenvalue weighted by Crippen LogP contribution is -2.30. The number of halogens is 3. The van der Waals surface area contributed by atoms with Crippen molar-refractivity contribution >= 4 is 110 Å². The highest BCUT2D eigenvalue weighted by atomic mass is 127. The summed E-state index contributed by atoms with van der Waals surface area (Å²) in [6.45, 7) is 0. The Hall–Kier alpha value is -3.53. The van der Waals surface area contributed by atoms with Crippen LogP contribution in [0.15, 0.2) is 167 Å². The Morgan fingerprint density at radius 3 is 1.37 bits per heavy atom. The molecule has 0 aliphatic rings. The van der Waals surface area contributed by atoms with E-state index in [9.17, 15) is 10.0 Å².